The average Bonchev–Trinajstić information content (AvgIpc) is 2.95. The highest BCUT2D eigenvalue weighted by Crippen LogP contribution is 2.17. The molecule has 0 saturated carbocycles. The van der Waals surface area contributed by atoms with Gasteiger partial charge in [0.1, 0.15) is 5.69 Å². The van der Waals surface area contributed by atoms with Crippen molar-refractivity contribution in [1.29, 1.82) is 0 Å². The van der Waals surface area contributed by atoms with Gasteiger partial charge in [-0.1, -0.05) is 6.08 Å². The summed E-state index contributed by atoms with van der Waals surface area (Å²) in [5.74, 6) is 0.242. The fraction of sp³-hybridized carbons (Fsp3) is 0.0714. The molecule has 0 aliphatic heterocycles. The maximum atomic E-state index is 12.2. The van der Waals surface area contributed by atoms with Crippen molar-refractivity contribution in [3.8, 4) is 5.75 Å². The molecule has 6 heteroatoms. The zero-order chi connectivity index (χ0) is 13.9. The molecule has 0 aromatic carbocycles. The van der Waals surface area contributed by atoms with Crippen molar-refractivity contribution in [2.45, 2.75) is 0 Å². The molecule has 3 rings (SSSR count). The van der Waals surface area contributed by atoms with Crippen LogP contribution in [0.2, 0.25) is 0 Å². The summed E-state index contributed by atoms with van der Waals surface area (Å²) >= 11 is 1.41. The largest absolute Gasteiger partial charge is 0.490 e. The highest BCUT2D eigenvalue weighted by atomic mass is 32.1. The van der Waals surface area contributed by atoms with Crippen LogP contribution >= 0.6 is 11.3 Å². The molecular formula is C14H11N3O2S. The first-order valence-electron chi connectivity index (χ1n) is 5.91. The molecular weight excluding hydrogens is 274 g/mol. The molecule has 0 radical (unpaired) electrons. The van der Waals surface area contributed by atoms with Crippen LogP contribution < -0.4 is 10.3 Å². The van der Waals surface area contributed by atoms with Crippen molar-refractivity contribution in [3.05, 3.63) is 57.7 Å². The van der Waals surface area contributed by atoms with Gasteiger partial charge < -0.3 is 4.74 Å². The molecule has 0 aliphatic rings. The Hall–Kier alpha value is -2.47. The highest BCUT2D eigenvalue weighted by Gasteiger charge is 2.11. The summed E-state index contributed by atoms with van der Waals surface area (Å²) in [5, 5.41) is 1.82. The summed E-state index contributed by atoms with van der Waals surface area (Å²) in [6, 6.07) is 3.75. The van der Waals surface area contributed by atoms with Gasteiger partial charge in [0, 0.05) is 24.0 Å². The van der Waals surface area contributed by atoms with Gasteiger partial charge in [0.05, 0.1) is 7.11 Å². The summed E-state index contributed by atoms with van der Waals surface area (Å²) < 4.78 is 6.67. The predicted octanol–water partition coefficient (Wildman–Crippen LogP) is 2.33. The maximum absolute atomic E-state index is 12.2. The molecule has 0 N–H and O–H groups in total. The molecule has 0 fully saturated rings. The Kier molecular flexibility index (Phi) is 3.30. The minimum atomic E-state index is -0.201. The van der Waals surface area contributed by atoms with E-state index in [0.717, 1.165) is 5.56 Å². The second-order valence-corrected chi connectivity index (χ2v) is 4.88. The summed E-state index contributed by atoms with van der Waals surface area (Å²) in [6.07, 6.45) is 8.75. The third kappa shape index (κ3) is 2.21. The molecule has 3 aromatic rings. The lowest BCUT2D eigenvalue weighted by atomic mass is 10.2. The van der Waals surface area contributed by atoms with E-state index in [1.54, 1.807) is 24.7 Å². The summed E-state index contributed by atoms with van der Waals surface area (Å²) in [5.41, 5.74) is 1.31. The van der Waals surface area contributed by atoms with Gasteiger partial charge in [0.15, 0.2) is 4.96 Å². The molecule has 0 amide bonds. The summed E-state index contributed by atoms with van der Waals surface area (Å²) in [4.78, 5) is 21.2. The molecule has 0 aliphatic carbocycles. The number of aromatic nitrogens is 3. The Bertz CT molecular complexity index is 821. The van der Waals surface area contributed by atoms with Gasteiger partial charge in [0.2, 0.25) is 5.75 Å². The van der Waals surface area contributed by atoms with Gasteiger partial charge in [-0.3, -0.25) is 14.2 Å². The lowest BCUT2D eigenvalue weighted by molar-refractivity contribution is 0.404. The van der Waals surface area contributed by atoms with Crippen LogP contribution in [0.25, 0.3) is 17.1 Å². The molecule has 0 bridgehead atoms. The molecule has 0 spiro atoms. The molecule has 3 heterocycles. The fourth-order valence-electron chi connectivity index (χ4n) is 1.83. The van der Waals surface area contributed by atoms with Gasteiger partial charge in [-0.2, -0.15) is 0 Å². The Balaban J connectivity index is 2.11. The monoisotopic (exact) mass is 285 g/mol. The zero-order valence-corrected chi connectivity index (χ0v) is 11.5. The molecule has 0 atom stereocenters. The minimum Gasteiger partial charge on any atom is -0.490 e. The van der Waals surface area contributed by atoms with Crippen molar-refractivity contribution >= 4 is 28.4 Å². The van der Waals surface area contributed by atoms with Gasteiger partial charge in [-0.05, 0) is 23.8 Å². The number of fused-ring (bicyclic) bond motifs is 1. The standard InChI is InChI=1S/C14H11N3O2S/c1-19-12-11(3-2-10-4-6-15-7-5-10)16-14-17(13(12)18)8-9-20-14/h2-9H,1H3. The first-order chi connectivity index (χ1) is 9.79. The van der Waals surface area contributed by atoms with Gasteiger partial charge in [-0.15, -0.1) is 11.3 Å². The lowest BCUT2D eigenvalue weighted by Gasteiger charge is -2.03. The van der Waals surface area contributed by atoms with Gasteiger partial charge >= 0.3 is 5.56 Å². The van der Waals surface area contributed by atoms with E-state index >= 15 is 0 Å². The number of pyridine rings is 1. The maximum Gasteiger partial charge on any atom is 0.301 e. The Morgan fingerprint density at radius 3 is 2.85 bits per heavy atom. The minimum absolute atomic E-state index is 0.201. The number of hydrogen-bond acceptors (Lipinski definition) is 5. The van der Waals surface area contributed by atoms with Crippen LogP contribution in [-0.2, 0) is 0 Å². The predicted molar refractivity (Wildman–Crippen MR) is 79.1 cm³/mol. The van der Waals surface area contributed by atoms with Gasteiger partial charge in [0.25, 0.3) is 0 Å². The first kappa shape index (κ1) is 12.6. The third-order valence-electron chi connectivity index (χ3n) is 2.80. The normalized spacial score (nSPS) is 11.2. The van der Waals surface area contributed by atoms with Crippen LogP contribution in [0.15, 0.2) is 40.9 Å². The molecule has 0 unspecified atom stereocenters. The topological polar surface area (TPSA) is 56.5 Å². The number of hydrogen-bond donors (Lipinski definition) is 0. The van der Waals surface area contributed by atoms with E-state index in [4.69, 9.17) is 4.74 Å². The third-order valence-corrected chi connectivity index (χ3v) is 3.55. The quantitative estimate of drug-likeness (QED) is 0.741. The molecule has 0 saturated heterocycles. The van der Waals surface area contributed by atoms with Crippen molar-refractivity contribution in [3.63, 3.8) is 0 Å². The van der Waals surface area contributed by atoms with E-state index in [9.17, 15) is 4.79 Å². The molecule has 5 nitrogen and oxygen atoms in total. The van der Waals surface area contributed by atoms with Crippen molar-refractivity contribution < 1.29 is 4.74 Å². The molecule has 3 aromatic heterocycles. The van der Waals surface area contributed by atoms with Gasteiger partial charge in [-0.25, -0.2) is 4.98 Å². The number of ether oxygens (including phenoxy) is 1. The van der Waals surface area contributed by atoms with E-state index < -0.39 is 0 Å². The Morgan fingerprint density at radius 1 is 1.30 bits per heavy atom. The van der Waals surface area contributed by atoms with Crippen LogP contribution in [0, 0.1) is 0 Å². The van der Waals surface area contributed by atoms with Crippen molar-refractivity contribution in [2.75, 3.05) is 7.11 Å². The van der Waals surface area contributed by atoms with E-state index in [-0.39, 0.29) is 11.3 Å². The molecule has 100 valence electrons. The second kappa shape index (κ2) is 5.26. The fourth-order valence-corrected chi connectivity index (χ4v) is 2.55. The van der Waals surface area contributed by atoms with E-state index in [2.05, 4.69) is 9.97 Å². The molecule has 20 heavy (non-hydrogen) atoms. The number of thiazole rings is 1. The number of nitrogens with zero attached hydrogens (tertiary/aromatic N) is 3. The van der Waals surface area contributed by atoms with E-state index in [1.165, 1.54) is 22.8 Å². The summed E-state index contributed by atoms with van der Waals surface area (Å²) in [7, 11) is 1.47. The van der Waals surface area contributed by atoms with Crippen LogP contribution in [0.3, 0.4) is 0 Å². The Labute approximate surface area is 118 Å². The summed E-state index contributed by atoms with van der Waals surface area (Å²) in [6.45, 7) is 0. The average molecular weight is 285 g/mol. The SMILES string of the molecule is COc1c(C=Cc2ccncc2)nc2sccn2c1=O. The smallest absolute Gasteiger partial charge is 0.301 e. The zero-order valence-electron chi connectivity index (χ0n) is 10.7. The van der Waals surface area contributed by atoms with Crippen LogP contribution in [0.5, 0.6) is 5.75 Å². The van der Waals surface area contributed by atoms with Crippen molar-refractivity contribution in [2.24, 2.45) is 0 Å². The second-order valence-electron chi connectivity index (χ2n) is 4.00. The number of methoxy groups -OCH3 is 1. The highest BCUT2D eigenvalue weighted by molar-refractivity contribution is 7.15. The van der Waals surface area contributed by atoms with E-state index in [0.29, 0.717) is 10.7 Å². The Morgan fingerprint density at radius 2 is 2.10 bits per heavy atom. The van der Waals surface area contributed by atoms with E-state index in [1.807, 2.05) is 23.6 Å². The van der Waals surface area contributed by atoms with Crippen LogP contribution in [0.4, 0.5) is 0 Å². The van der Waals surface area contributed by atoms with Crippen molar-refractivity contribution in [1.82, 2.24) is 14.4 Å². The lowest BCUT2D eigenvalue weighted by Crippen LogP contribution is -2.16. The number of rotatable bonds is 3. The van der Waals surface area contributed by atoms with Crippen LogP contribution in [0.1, 0.15) is 11.3 Å². The van der Waals surface area contributed by atoms with Crippen LogP contribution in [-0.4, -0.2) is 21.5 Å². The first-order valence-corrected chi connectivity index (χ1v) is 6.79.